The molecule has 0 atom stereocenters. The molecule has 2 N–H and O–H groups in total. The minimum Gasteiger partial charge on any atom is -0.507 e. The van der Waals surface area contributed by atoms with Crippen LogP contribution in [0.1, 0.15) is 15.9 Å². The van der Waals surface area contributed by atoms with Gasteiger partial charge >= 0.3 is 0 Å². The van der Waals surface area contributed by atoms with Crippen LogP contribution in [-0.2, 0) is 6.42 Å². The third-order valence-electron chi connectivity index (χ3n) is 4.57. The Bertz CT molecular complexity index is 1080. The summed E-state index contributed by atoms with van der Waals surface area (Å²) < 4.78 is 10.3. The molecule has 0 saturated carbocycles. The first kappa shape index (κ1) is 19.9. The minimum atomic E-state index is -0.506. The van der Waals surface area contributed by atoms with Crippen LogP contribution in [0.15, 0.2) is 48.5 Å². The zero-order valence-corrected chi connectivity index (χ0v) is 16.0. The molecule has 8 heteroatoms. The van der Waals surface area contributed by atoms with Crippen LogP contribution in [0.5, 0.6) is 17.2 Å². The van der Waals surface area contributed by atoms with Crippen molar-refractivity contribution in [1.29, 1.82) is 0 Å². The molecule has 1 amide bonds. The second kappa shape index (κ2) is 8.47. The number of carbonyl (C=O) groups excluding carboxylic acids is 1. The van der Waals surface area contributed by atoms with Gasteiger partial charge in [-0.1, -0.05) is 24.3 Å². The number of methoxy groups -OCH3 is 2. The second-order valence-corrected chi connectivity index (χ2v) is 6.32. The monoisotopic (exact) mass is 396 g/mol. The van der Waals surface area contributed by atoms with Crippen molar-refractivity contribution in [2.75, 3.05) is 20.8 Å². The number of phenolic OH excluding ortho intramolecular Hbond substituents is 1. The number of nitro benzene ring substituents is 1. The Morgan fingerprint density at radius 3 is 2.31 bits per heavy atom. The number of aromatic hydroxyl groups is 1. The third-order valence-corrected chi connectivity index (χ3v) is 4.57. The molecule has 0 saturated heterocycles. The Morgan fingerprint density at radius 1 is 1.07 bits per heavy atom. The molecule has 0 aromatic heterocycles. The van der Waals surface area contributed by atoms with E-state index in [0.29, 0.717) is 11.3 Å². The van der Waals surface area contributed by atoms with E-state index in [9.17, 15) is 20.0 Å². The summed E-state index contributed by atoms with van der Waals surface area (Å²) in [6, 6.07) is 13.3. The first-order valence-electron chi connectivity index (χ1n) is 8.84. The van der Waals surface area contributed by atoms with E-state index in [1.807, 2.05) is 24.3 Å². The number of phenols is 1. The molecule has 29 heavy (non-hydrogen) atoms. The van der Waals surface area contributed by atoms with Crippen molar-refractivity contribution < 1.29 is 24.3 Å². The van der Waals surface area contributed by atoms with Crippen molar-refractivity contribution in [3.05, 3.63) is 69.8 Å². The Morgan fingerprint density at radius 2 is 1.69 bits per heavy atom. The topological polar surface area (TPSA) is 111 Å². The predicted molar refractivity (Wildman–Crippen MR) is 108 cm³/mol. The molecule has 3 aromatic carbocycles. The van der Waals surface area contributed by atoms with Gasteiger partial charge in [-0.05, 0) is 35.4 Å². The summed E-state index contributed by atoms with van der Waals surface area (Å²) >= 11 is 0. The number of benzene rings is 3. The van der Waals surface area contributed by atoms with E-state index in [1.165, 1.54) is 32.4 Å². The lowest BCUT2D eigenvalue weighted by atomic mass is 10.0. The van der Waals surface area contributed by atoms with Gasteiger partial charge in [0.2, 0.25) is 0 Å². The predicted octanol–water partition coefficient (Wildman–Crippen LogP) is 3.44. The number of rotatable bonds is 7. The van der Waals surface area contributed by atoms with E-state index in [2.05, 4.69) is 5.32 Å². The van der Waals surface area contributed by atoms with Crippen molar-refractivity contribution in [3.8, 4) is 17.2 Å². The van der Waals surface area contributed by atoms with Crippen molar-refractivity contribution in [2.45, 2.75) is 6.42 Å². The standard InChI is InChI=1S/C21H20N2O6/c1-28-19-11-15(17(23(26)27)12-20(19)29-2)7-8-22-21(25)16-9-13-5-3-4-6-14(13)10-18(16)24/h3-6,9-12,24H,7-8H2,1-2H3,(H,22,25). The van der Waals surface area contributed by atoms with Gasteiger partial charge in [0.15, 0.2) is 11.5 Å². The fourth-order valence-corrected chi connectivity index (χ4v) is 3.10. The van der Waals surface area contributed by atoms with Gasteiger partial charge in [-0.3, -0.25) is 14.9 Å². The molecule has 0 aliphatic rings. The average Bonchev–Trinajstić information content (AvgIpc) is 2.72. The summed E-state index contributed by atoms with van der Waals surface area (Å²) in [5.41, 5.74) is 0.423. The average molecular weight is 396 g/mol. The number of amides is 1. The fraction of sp³-hybridized carbons (Fsp3) is 0.190. The summed E-state index contributed by atoms with van der Waals surface area (Å²) in [4.78, 5) is 23.4. The number of carbonyl (C=O) groups is 1. The van der Waals surface area contributed by atoms with Gasteiger partial charge in [-0.15, -0.1) is 0 Å². The van der Waals surface area contributed by atoms with Crippen LogP contribution in [0.3, 0.4) is 0 Å². The van der Waals surface area contributed by atoms with Crippen molar-refractivity contribution in [1.82, 2.24) is 5.32 Å². The van der Waals surface area contributed by atoms with E-state index in [0.717, 1.165) is 10.8 Å². The molecule has 3 rings (SSSR count). The van der Waals surface area contributed by atoms with E-state index < -0.39 is 10.8 Å². The van der Waals surface area contributed by atoms with E-state index in [4.69, 9.17) is 9.47 Å². The van der Waals surface area contributed by atoms with Crippen LogP contribution in [0.25, 0.3) is 10.8 Å². The van der Waals surface area contributed by atoms with Gasteiger partial charge in [-0.2, -0.15) is 0 Å². The summed E-state index contributed by atoms with van der Waals surface area (Å²) in [6.45, 7) is 0.140. The highest BCUT2D eigenvalue weighted by molar-refractivity contribution is 6.01. The van der Waals surface area contributed by atoms with Gasteiger partial charge < -0.3 is 19.9 Å². The lowest BCUT2D eigenvalue weighted by Gasteiger charge is -2.11. The molecular formula is C21H20N2O6. The Labute approximate surface area is 166 Å². The maximum absolute atomic E-state index is 12.5. The fourth-order valence-electron chi connectivity index (χ4n) is 3.10. The molecule has 150 valence electrons. The molecule has 0 heterocycles. The lowest BCUT2D eigenvalue weighted by molar-refractivity contribution is -0.385. The van der Waals surface area contributed by atoms with Gasteiger partial charge in [-0.25, -0.2) is 0 Å². The first-order chi connectivity index (χ1) is 13.9. The zero-order valence-electron chi connectivity index (χ0n) is 16.0. The summed E-state index contributed by atoms with van der Waals surface area (Å²) in [5, 5.41) is 25.9. The molecule has 3 aromatic rings. The van der Waals surface area contributed by atoms with Gasteiger partial charge in [0, 0.05) is 12.1 Å². The molecule has 0 aliphatic heterocycles. The minimum absolute atomic E-state index is 0.120. The van der Waals surface area contributed by atoms with Crippen molar-refractivity contribution >= 4 is 22.4 Å². The number of nitrogens with zero attached hydrogens (tertiary/aromatic N) is 1. The number of nitrogens with one attached hydrogen (secondary N) is 1. The van der Waals surface area contributed by atoms with E-state index in [-0.39, 0.29) is 35.7 Å². The highest BCUT2D eigenvalue weighted by atomic mass is 16.6. The number of nitro groups is 1. The van der Waals surface area contributed by atoms with Gasteiger partial charge in [0.1, 0.15) is 5.75 Å². The summed E-state index contributed by atoms with van der Waals surface area (Å²) in [7, 11) is 2.84. The van der Waals surface area contributed by atoms with Crippen LogP contribution in [-0.4, -0.2) is 36.7 Å². The molecule has 0 unspecified atom stereocenters. The number of hydrogen-bond donors (Lipinski definition) is 2. The largest absolute Gasteiger partial charge is 0.507 e. The molecule has 0 radical (unpaired) electrons. The highest BCUT2D eigenvalue weighted by Crippen LogP contribution is 2.34. The Balaban J connectivity index is 1.77. The quantitative estimate of drug-likeness (QED) is 0.467. The molecule has 0 spiro atoms. The number of fused-ring (bicyclic) bond motifs is 1. The van der Waals surface area contributed by atoms with Gasteiger partial charge in [0.05, 0.1) is 30.8 Å². The maximum Gasteiger partial charge on any atom is 0.276 e. The van der Waals surface area contributed by atoms with Crippen LogP contribution in [0.2, 0.25) is 0 Å². The first-order valence-corrected chi connectivity index (χ1v) is 8.84. The van der Waals surface area contributed by atoms with Crippen molar-refractivity contribution in [3.63, 3.8) is 0 Å². The van der Waals surface area contributed by atoms with Crippen LogP contribution in [0.4, 0.5) is 5.69 Å². The second-order valence-electron chi connectivity index (χ2n) is 6.32. The molecule has 0 bridgehead atoms. The number of hydrogen-bond acceptors (Lipinski definition) is 6. The molecule has 8 nitrogen and oxygen atoms in total. The molecule has 0 aliphatic carbocycles. The van der Waals surface area contributed by atoms with Crippen LogP contribution >= 0.6 is 0 Å². The molecular weight excluding hydrogens is 376 g/mol. The van der Waals surface area contributed by atoms with Crippen molar-refractivity contribution in [2.24, 2.45) is 0 Å². The lowest BCUT2D eigenvalue weighted by Crippen LogP contribution is -2.26. The van der Waals surface area contributed by atoms with Crippen LogP contribution in [0, 0.1) is 10.1 Å². The molecule has 0 fully saturated rings. The van der Waals surface area contributed by atoms with Crippen LogP contribution < -0.4 is 14.8 Å². The van der Waals surface area contributed by atoms with E-state index in [1.54, 1.807) is 6.07 Å². The normalized spacial score (nSPS) is 10.6. The van der Waals surface area contributed by atoms with Gasteiger partial charge in [0.25, 0.3) is 11.6 Å². The Kier molecular flexibility index (Phi) is 5.82. The maximum atomic E-state index is 12.5. The zero-order chi connectivity index (χ0) is 21.0. The SMILES string of the molecule is COc1cc(CCNC(=O)c2cc3ccccc3cc2O)c([N+](=O)[O-])cc1OC. The Hall–Kier alpha value is -3.81. The summed E-state index contributed by atoms with van der Waals surface area (Å²) in [5.74, 6) is 0.0364. The smallest absolute Gasteiger partial charge is 0.276 e. The van der Waals surface area contributed by atoms with E-state index >= 15 is 0 Å². The highest BCUT2D eigenvalue weighted by Gasteiger charge is 2.20. The number of ether oxygens (including phenoxy) is 2. The summed E-state index contributed by atoms with van der Waals surface area (Å²) in [6.07, 6.45) is 0.205. The third kappa shape index (κ3) is 4.21.